The molecule has 0 aromatic carbocycles. The first-order valence-corrected chi connectivity index (χ1v) is 4.69. The monoisotopic (exact) mass is 210 g/mol. The van der Waals surface area contributed by atoms with Crippen LogP contribution in [0.4, 0.5) is 13.2 Å². The predicted octanol–water partition coefficient (Wildman–Crippen LogP) is 0.221. The molecule has 2 aliphatic rings. The van der Waals surface area contributed by atoms with Gasteiger partial charge in [0, 0.05) is 25.7 Å². The van der Waals surface area contributed by atoms with Gasteiger partial charge in [-0.3, -0.25) is 4.90 Å². The lowest BCUT2D eigenvalue weighted by molar-refractivity contribution is -0.166. The Bertz CT molecular complexity index is 209. The zero-order chi connectivity index (χ0) is 10.2. The summed E-state index contributed by atoms with van der Waals surface area (Å²) in [6.45, 7) is 1.22. The molecular formula is C8H13F3N2O. The summed E-state index contributed by atoms with van der Waals surface area (Å²) in [7, 11) is 0. The van der Waals surface area contributed by atoms with E-state index in [1.165, 1.54) is 4.90 Å². The van der Waals surface area contributed by atoms with E-state index in [-0.39, 0.29) is 12.1 Å². The van der Waals surface area contributed by atoms with Gasteiger partial charge < -0.3 is 10.1 Å². The van der Waals surface area contributed by atoms with E-state index in [2.05, 4.69) is 5.32 Å². The largest absolute Gasteiger partial charge is 0.401 e. The Morgan fingerprint density at radius 3 is 2.86 bits per heavy atom. The zero-order valence-corrected chi connectivity index (χ0v) is 7.68. The molecule has 0 aromatic rings. The molecular weight excluding hydrogens is 197 g/mol. The number of rotatable bonds is 1. The van der Waals surface area contributed by atoms with E-state index in [1.54, 1.807) is 0 Å². The van der Waals surface area contributed by atoms with Crippen molar-refractivity contribution < 1.29 is 17.9 Å². The van der Waals surface area contributed by atoms with Gasteiger partial charge in [0.25, 0.3) is 0 Å². The van der Waals surface area contributed by atoms with Crippen molar-refractivity contribution >= 4 is 0 Å². The number of fused-ring (bicyclic) bond motifs is 1. The maximum absolute atomic E-state index is 12.2. The molecule has 1 N–H and O–H groups in total. The summed E-state index contributed by atoms with van der Waals surface area (Å²) >= 11 is 0. The van der Waals surface area contributed by atoms with Crippen LogP contribution in [-0.2, 0) is 4.74 Å². The van der Waals surface area contributed by atoms with Crippen molar-refractivity contribution in [3.8, 4) is 0 Å². The molecule has 0 bridgehead atoms. The standard InChI is InChI=1S/C8H13F3N2O/c9-8(10,11)5-13-1-2-14-7-4-12-3-6(7)13/h6-7,12H,1-5H2/t6-,7+/m1/s1. The Morgan fingerprint density at radius 1 is 1.36 bits per heavy atom. The van der Waals surface area contributed by atoms with Gasteiger partial charge in [-0.15, -0.1) is 0 Å². The molecule has 0 unspecified atom stereocenters. The number of hydrogen-bond donors (Lipinski definition) is 1. The highest BCUT2D eigenvalue weighted by Gasteiger charge is 2.41. The molecule has 0 aromatic heterocycles. The fraction of sp³-hybridized carbons (Fsp3) is 1.00. The third kappa shape index (κ3) is 2.18. The summed E-state index contributed by atoms with van der Waals surface area (Å²) in [5.74, 6) is 0. The molecule has 2 saturated heterocycles. The van der Waals surface area contributed by atoms with Gasteiger partial charge in [0.2, 0.25) is 0 Å². The Hall–Kier alpha value is -0.330. The van der Waals surface area contributed by atoms with Crippen LogP contribution in [0.3, 0.4) is 0 Å². The second-order valence-corrected chi connectivity index (χ2v) is 3.72. The van der Waals surface area contributed by atoms with Gasteiger partial charge in [0.15, 0.2) is 0 Å². The third-order valence-corrected chi connectivity index (χ3v) is 2.69. The number of morpholine rings is 1. The van der Waals surface area contributed by atoms with Crippen molar-refractivity contribution in [2.24, 2.45) is 0 Å². The summed E-state index contributed by atoms with van der Waals surface area (Å²) < 4.78 is 42.0. The molecule has 2 atom stereocenters. The van der Waals surface area contributed by atoms with E-state index in [0.717, 1.165) is 0 Å². The summed E-state index contributed by atoms with van der Waals surface area (Å²) in [6, 6.07) is -0.106. The van der Waals surface area contributed by atoms with E-state index in [1.807, 2.05) is 0 Å². The second kappa shape index (κ2) is 3.67. The van der Waals surface area contributed by atoms with Crippen LogP contribution < -0.4 is 5.32 Å². The zero-order valence-electron chi connectivity index (χ0n) is 7.68. The van der Waals surface area contributed by atoms with Crippen molar-refractivity contribution in [3.63, 3.8) is 0 Å². The van der Waals surface area contributed by atoms with Crippen LogP contribution in [0.15, 0.2) is 0 Å². The highest BCUT2D eigenvalue weighted by atomic mass is 19.4. The molecule has 0 aliphatic carbocycles. The summed E-state index contributed by atoms with van der Waals surface area (Å²) in [6.07, 6.45) is -4.17. The number of halogens is 3. The van der Waals surface area contributed by atoms with Gasteiger partial charge in [0.05, 0.1) is 19.3 Å². The van der Waals surface area contributed by atoms with Crippen molar-refractivity contribution in [1.82, 2.24) is 10.2 Å². The molecule has 0 radical (unpaired) electrons. The first kappa shape index (κ1) is 10.2. The molecule has 2 rings (SSSR count). The van der Waals surface area contributed by atoms with Gasteiger partial charge in [-0.2, -0.15) is 13.2 Å². The first-order chi connectivity index (χ1) is 6.56. The van der Waals surface area contributed by atoms with E-state index < -0.39 is 12.7 Å². The molecule has 0 spiro atoms. The van der Waals surface area contributed by atoms with Crippen LogP contribution in [0.5, 0.6) is 0 Å². The van der Waals surface area contributed by atoms with Crippen LogP contribution in [0, 0.1) is 0 Å². The van der Waals surface area contributed by atoms with Crippen LogP contribution in [0.2, 0.25) is 0 Å². The molecule has 2 fully saturated rings. The molecule has 2 aliphatic heterocycles. The highest BCUT2D eigenvalue weighted by molar-refractivity contribution is 4.92. The SMILES string of the molecule is FC(F)(F)CN1CCO[C@H]2CNC[C@H]21. The maximum atomic E-state index is 12.2. The molecule has 14 heavy (non-hydrogen) atoms. The Morgan fingerprint density at radius 2 is 2.14 bits per heavy atom. The predicted molar refractivity (Wildman–Crippen MR) is 44.0 cm³/mol. The molecule has 0 saturated carbocycles. The summed E-state index contributed by atoms with van der Waals surface area (Å²) in [5.41, 5.74) is 0. The van der Waals surface area contributed by atoms with Gasteiger partial charge >= 0.3 is 6.18 Å². The molecule has 6 heteroatoms. The molecule has 2 heterocycles. The van der Waals surface area contributed by atoms with E-state index in [4.69, 9.17) is 4.74 Å². The lowest BCUT2D eigenvalue weighted by Gasteiger charge is -2.37. The Kier molecular flexibility index (Phi) is 2.68. The minimum Gasteiger partial charge on any atom is -0.374 e. The lowest BCUT2D eigenvalue weighted by Crippen LogP contribution is -2.53. The lowest BCUT2D eigenvalue weighted by atomic mass is 10.1. The Balaban J connectivity index is 1.97. The van der Waals surface area contributed by atoms with Crippen LogP contribution >= 0.6 is 0 Å². The normalized spacial score (nSPS) is 34.5. The highest BCUT2D eigenvalue weighted by Crippen LogP contribution is 2.23. The first-order valence-electron chi connectivity index (χ1n) is 4.69. The molecule has 0 amide bonds. The summed E-state index contributed by atoms with van der Waals surface area (Å²) in [4.78, 5) is 1.47. The topological polar surface area (TPSA) is 24.5 Å². The average Bonchev–Trinajstić information content (AvgIpc) is 2.49. The maximum Gasteiger partial charge on any atom is 0.401 e. The smallest absolute Gasteiger partial charge is 0.374 e. The van der Waals surface area contributed by atoms with E-state index in [0.29, 0.717) is 26.2 Å². The number of nitrogens with one attached hydrogen (secondary N) is 1. The van der Waals surface area contributed by atoms with Gasteiger partial charge in [0.1, 0.15) is 0 Å². The van der Waals surface area contributed by atoms with Crippen LogP contribution in [0.1, 0.15) is 0 Å². The van der Waals surface area contributed by atoms with Gasteiger partial charge in [-0.05, 0) is 0 Å². The second-order valence-electron chi connectivity index (χ2n) is 3.72. The minimum atomic E-state index is -4.11. The molecule has 3 nitrogen and oxygen atoms in total. The fourth-order valence-electron chi connectivity index (χ4n) is 2.09. The van der Waals surface area contributed by atoms with Crippen molar-refractivity contribution in [2.75, 3.05) is 32.8 Å². The van der Waals surface area contributed by atoms with Crippen molar-refractivity contribution in [1.29, 1.82) is 0 Å². The number of hydrogen-bond acceptors (Lipinski definition) is 3. The van der Waals surface area contributed by atoms with Crippen LogP contribution in [0.25, 0.3) is 0 Å². The number of alkyl halides is 3. The molecule has 82 valence electrons. The quantitative estimate of drug-likeness (QED) is 0.670. The van der Waals surface area contributed by atoms with Crippen molar-refractivity contribution in [2.45, 2.75) is 18.3 Å². The average molecular weight is 210 g/mol. The van der Waals surface area contributed by atoms with E-state index >= 15 is 0 Å². The number of nitrogens with zero attached hydrogens (tertiary/aromatic N) is 1. The fourth-order valence-corrected chi connectivity index (χ4v) is 2.09. The number of ether oxygens (including phenoxy) is 1. The van der Waals surface area contributed by atoms with Crippen LogP contribution in [-0.4, -0.2) is 56.0 Å². The van der Waals surface area contributed by atoms with Crippen molar-refractivity contribution in [3.05, 3.63) is 0 Å². The van der Waals surface area contributed by atoms with E-state index in [9.17, 15) is 13.2 Å². The minimum absolute atomic E-state index is 0.0638. The Labute approximate surface area is 80.2 Å². The third-order valence-electron chi connectivity index (χ3n) is 2.69. The van der Waals surface area contributed by atoms with Gasteiger partial charge in [-0.25, -0.2) is 0 Å². The summed E-state index contributed by atoms with van der Waals surface area (Å²) in [5, 5.41) is 3.05. The van der Waals surface area contributed by atoms with Gasteiger partial charge in [-0.1, -0.05) is 0 Å².